The van der Waals surface area contributed by atoms with Crippen LogP contribution in [0.1, 0.15) is 16.2 Å². The van der Waals surface area contributed by atoms with E-state index in [2.05, 4.69) is 20.9 Å². The summed E-state index contributed by atoms with van der Waals surface area (Å²) in [4.78, 5) is 17.0. The van der Waals surface area contributed by atoms with Gasteiger partial charge in [-0.15, -0.1) is 0 Å². The number of carboxylic acids is 1. The number of aromatic nitrogens is 2. The molecule has 0 atom stereocenters. The van der Waals surface area contributed by atoms with Crippen LogP contribution in [0.5, 0.6) is 0 Å². The Morgan fingerprint density at radius 2 is 2.20 bits per heavy atom. The predicted octanol–water partition coefficient (Wildman–Crippen LogP) is 2.50. The summed E-state index contributed by atoms with van der Waals surface area (Å²) in [6.45, 7) is 1.88. The van der Waals surface area contributed by atoms with Gasteiger partial charge in [0.05, 0.1) is 22.3 Å². The van der Waals surface area contributed by atoms with Gasteiger partial charge in [-0.05, 0) is 28.1 Å². The number of carboxylic acid groups (broad SMARTS) is 1. The van der Waals surface area contributed by atoms with Gasteiger partial charge in [-0.1, -0.05) is 0 Å². The molecule has 3 rings (SSSR count). The van der Waals surface area contributed by atoms with Gasteiger partial charge in [0.2, 0.25) is 0 Å². The lowest BCUT2D eigenvalue weighted by molar-refractivity contribution is 0.0695. The topological polar surface area (TPSA) is 58.4 Å². The van der Waals surface area contributed by atoms with Gasteiger partial charge in [0.25, 0.3) is 0 Å². The Hall–Kier alpha value is -1.89. The van der Waals surface area contributed by atoms with Crippen molar-refractivity contribution < 1.29 is 14.3 Å². The van der Waals surface area contributed by atoms with Gasteiger partial charge in [0.15, 0.2) is 5.82 Å². The Balaban J connectivity index is 1.96. The highest BCUT2D eigenvalue weighted by Gasteiger charge is 2.23. The number of rotatable bonds is 2. The molecule has 2 aromatic rings. The lowest BCUT2D eigenvalue weighted by atomic mass is 10.1. The third-order valence-corrected chi connectivity index (χ3v) is 4.15. The van der Waals surface area contributed by atoms with Gasteiger partial charge >= 0.3 is 5.97 Å². The summed E-state index contributed by atoms with van der Waals surface area (Å²) in [6, 6.07) is 2.91. The van der Waals surface area contributed by atoms with Crippen LogP contribution in [-0.2, 0) is 13.1 Å². The number of nitrogens with zero attached hydrogens (tertiary/aromatic N) is 3. The van der Waals surface area contributed by atoms with Crippen molar-refractivity contribution in [2.24, 2.45) is 0 Å². The molecule has 0 amide bonds. The van der Waals surface area contributed by atoms with Gasteiger partial charge in [-0.25, -0.2) is 14.2 Å². The second kappa shape index (κ2) is 4.90. The van der Waals surface area contributed by atoms with Gasteiger partial charge in [-0.2, -0.15) is 0 Å². The van der Waals surface area contributed by atoms with Crippen LogP contribution in [0.15, 0.2) is 29.0 Å². The van der Waals surface area contributed by atoms with Gasteiger partial charge in [0, 0.05) is 25.5 Å². The maximum absolute atomic E-state index is 14.3. The lowest BCUT2D eigenvalue weighted by Gasteiger charge is -2.30. The summed E-state index contributed by atoms with van der Waals surface area (Å²) in [7, 11) is 0. The first-order valence-corrected chi connectivity index (χ1v) is 6.83. The summed E-state index contributed by atoms with van der Waals surface area (Å²) < 4.78 is 16.3. The molecule has 0 bridgehead atoms. The van der Waals surface area contributed by atoms with Crippen LogP contribution in [0.4, 0.5) is 10.1 Å². The maximum Gasteiger partial charge on any atom is 0.336 e. The van der Waals surface area contributed by atoms with Crippen LogP contribution in [0, 0.1) is 5.82 Å². The molecular formula is C13H11BrFN3O2. The molecule has 5 nitrogen and oxygen atoms in total. The number of anilines is 1. The number of aromatic carboxylic acids is 1. The zero-order chi connectivity index (χ0) is 14.3. The molecule has 1 aliphatic rings. The zero-order valence-electron chi connectivity index (χ0n) is 10.4. The zero-order valence-corrected chi connectivity index (χ0v) is 12.0. The Morgan fingerprint density at radius 1 is 1.40 bits per heavy atom. The van der Waals surface area contributed by atoms with E-state index in [4.69, 9.17) is 5.11 Å². The highest BCUT2D eigenvalue weighted by Crippen LogP contribution is 2.31. The minimum atomic E-state index is -1.16. The van der Waals surface area contributed by atoms with Crippen LogP contribution in [0.25, 0.3) is 0 Å². The summed E-state index contributed by atoms with van der Waals surface area (Å²) in [5, 5.41) is 8.97. The average molecular weight is 340 g/mol. The Labute approximate surface area is 122 Å². The van der Waals surface area contributed by atoms with Crippen molar-refractivity contribution in [3.63, 3.8) is 0 Å². The van der Waals surface area contributed by atoms with E-state index in [1.807, 2.05) is 15.7 Å². The van der Waals surface area contributed by atoms with Crippen molar-refractivity contribution in [3.8, 4) is 0 Å². The summed E-state index contributed by atoms with van der Waals surface area (Å²) in [6.07, 6.45) is 3.62. The van der Waals surface area contributed by atoms with Crippen molar-refractivity contribution in [1.82, 2.24) is 9.55 Å². The standard InChI is InChI=1S/C13H11BrFN3O2/c14-11-8(13(19)20)1-2-9(12(11)15)18-6-5-17-4-3-16-10(17)7-18/h1-4H,5-7H2,(H,19,20). The first-order chi connectivity index (χ1) is 9.58. The molecule has 0 spiro atoms. The van der Waals surface area contributed by atoms with E-state index in [0.717, 1.165) is 12.4 Å². The molecule has 1 aromatic heterocycles. The van der Waals surface area contributed by atoms with Crippen LogP contribution in [0.3, 0.4) is 0 Å². The van der Waals surface area contributed by atoms with Crippen LogP contribution in [-0.4, -0.2) is 27.2 Å². The molecule has 0 saturated carbocycles. The molecule has 0 radical (unpaired) electrons. The van der Waals surface area contributed by atoms with Crippen LogP contribution < -0.4 is 4.90 Å². The molecule has 1 aliphatic heterocycles. The van der Waals surface area contributed by atoms with Gasteiger partial charge < -0.3 is 14.6 Å². The summed E-state index contributed by atoms with van der Waals surface area (Å²) >= 11 is 3.02. The highest BCUT2D eigenvalue weighted by molar-refractivity contribution is 9.10. The predicted molar refractivity (Wildman–Crippen MR) is 74.3 cm³/mol. The monoisotopic (exact) mass is 339 g/mol. The van der Waals surface area contributed by atoms with Crippen molar-refractivity contribution in [2.75, 3.05) is 11.4 Å². The quantitative estimate of drug-likeness (QED) is 0.913. The Kier molecular flexibility index (Phi) is 3.21. The Morgan fingerprint density at radius 3 is 2.95 bits per heavy atom. The normalized spacial score (nSPS) is 14.2. The summed E-state index contributed by atoms with van der Waals surface area (Å²) in [5.74, 6) is -0.837. The van der Waals surface area contributed by atoms with E-state index in [0.29, 0.717) is 18.8 Å². The third kappa shape index (κ3) is 2.07. The van der Waals surface area contributed by atoms with Gasteiger partial charge in [-0.3, -0.25) is 0 Å². The van der Waals surface area contributed by atoms with Crippen molar-refractivity contribution in [1.29, 1.82) is 0 Å². The van der Waals surface area contributed by atoms with Crippen molar-refractivity contribution >= 4 is 27.6 Å². The average Bonchev–Trinajstić information content (AvgIpc) is 2.88. The minimum Gasteiger partial charge on any atom is -0.478 e. The molecule has 0 aliphatic carbocycles. The van der Waals surface area contributed by atoms with E-state index < -0.39 is 11.8 Å². The van der Waals surface area contributed by atoms with Gasteiger partial charge in [0.1, 0.15) is 5.82 Å². The molecule has 0 unspecified atom stereocenters. The van der Waals surface area contributed by atoms with Crippen LogP contribution >= 0.6 is 15.9 Å². The smallest absolute Gasteiger partial charge is 0.336 e. The van der Waals surface area contributed by atoms with E-state index in [-0.39, 0.29) is 10.0 Å². The highest BCUT2D eigenvalue weighted by atomic mass is 79.9. The van der Waals surface area contributed by atoms with Crippen LogP contribution in [0.2, 0.25) is 0 Å². The molecule has 20 heavy (non-hydrogen) atoms. The maximum atomic E-state index is 14.3. The molecule has 0 saturated heterocycles. The lowest BCUT2D eigenvalue weighted by Crippen LogP contribution is -2.34. The second-order valence-electron chi connectivity index (χ2n) is 4.52. The van der Waals surface area contributed by atoms with E-state index >= 15 is 0 Å². The fraction of sp³-hybridized carbons (Fsp3) is 0.231. The molecule has 2 heterocycles. The molecule has 1 aromatic carbocycles. The first-order valence-electron chi connectivity index (χ1n) is 6.04. The number of hydrogen-bond acceptors (Lipinski definition) is 3. The molecule has 7 heteroatoms. The first kappa shape index (κ1) is 13.1. The molecular weight excluding hydrogens is 329 g/mol. The van der Waals surface area contributed by atoms with Crippen molar-refractivity contribution in [3.05, 3.63) is 46.2 Å². The van der Waals surface area contributed by atoms with E-state index in [1.165, 1.54) is 12.1 Å². The fourth-order valence-corrected chi connectivity index (χ4v) is 2.83. The van der Waals surface area contributed by atoms with E-state index in [9.17, 15) is 9.18 Å². The summed E-state index contributed by atoms with van der Waals surface area (Å²) in [5.41, 5.74) is 0.306. The molecule has 1 N–H and O–H groups in total. The largest absolute Gasteiger partial charge is 0.478 e. The number of imidazole rings is 1. The third-order valence-electron chi connectivity index (χ3n) is 3.38. The number of benzene rings is 1. The SMILES string of the molecule is O=C(O)c1ccc(N2CCn3ccnc3C2)c(F)c1Br. The number of carbonyl (C=O) groups is 1. The second-order valence-corrected chi connectivity index (χ2v) is 5.32. The number of halogens is 2. The number of hydrogen-bond donors (Lipinski definition) is 1. The molecule has 0 fully saturated rings. The number of fused-ring (bicyclic) bond motifs is 1. The minimum absolute atomic E-state index is 0.0172. The van der Waals surface area contributed by atoms with Crippen molar-refractivity contribution in [2.45, 2.75) is 13.1 Å². The van der Waals surface area contributed by atoms with E-state index in [1.54, 1.807) is 6.20 Å². The molecule has 104 valence electrons. The fourth-order valence-electron chi connectivity index (χ4n) is 2.33. The Bertz CT molecular complexity index is 686.